The normalized spacial score (nSPS) is 13.9. The van der Waals surface area contributed by atoms with Gasteiger partial charge in [0.15, 0.2) is 0 Å². The zero-order valence-corrected chi connectivity index (χ0v) is 62.8. The molecule has 114 heavy (non-hydrogen) atoms. The molecule has 0 spiro atoms. The number of rotatable bonds is 17. The number of benzene rings is 9. The summed E-state index contributed by atoms with van der Waals surface area (Å²) in [5.74, 6) is -5.72. The quantitative estimate of drug-likeness (QED) is 0.0177. The Balaban J connectivity index is 0.000000152. The van der Waals surface area contributed by atoms with Crippen LogP contribution in [0.25, 0.3) is 43.1 Å². The van der Waals surface area contributed by atoms with Crippen molar-refractivity contribution in [2.24, 2.45) is 23.7 Å². The van der Waals surface area contributed by atoms with Gasteiger partial charge in [0.25, 0.3) is 22.2 Å². The van der Waals surface area contributed by atoms with E-state index >= 15 is 0 Å². The first-order chi connectivity index (χ1) is 54.7. The highest BCUT2D eigenvalue weighted by Crippen LogP contribution is 2.29. The fourth-order valence-electron chi connectivity index (χ4n) is 12.4. The zero-order chi connectivity index (χ0) is 81.5. The summed E-state index contributed by atoms with van der Waals surface area (Å²) >= 11 is 0. The Kier molecular flexibility index (Phi) is 27.9. The number of hydrogen-bond acceptors (Lipinski definition) is 18. The van der Waals surface area contributed by atoms with Gasteiger partial charge in [-0.1, -0.05) is 185 Å². The minimum atomic E-state index is -1.01. The molecule has 9 aromatic carbocycles. The molecule has 6 heterocycles. The SMILES string of the molecule is CC(CC(=O)Nc1cccc(Cc2n[nH]c(=O)c3ccccc23)c1)C(=O)O.CC(CC(=O)O)C(=O)Nc1cccc(Cc2n[nH]c(=O)c3ccccc23)c1.CC1CC(=O)N(c2cccc(Cc3n[nH]c(=O)c4ccccc34)c2)C1=O.CC1CC(=O)OC1=O.Cc1ccccc1.Nc1cccc(Cc2n[nH]c(=O)c3ccccc23)c1. The number of aromatic nitrogens is 8. The number of nitrogens with one attached hydrogen (secondary N) is 6. The number of cyclic esters (lactones) is 2. The summed E-state index contributed by atoms with van der Waals surface area (Å²) in [6.45, 7) is 8.59. The number of nitrogen functional groups attached to an aromatic ring is 1. The third kappa shape index (κ3) is 22.4. The summed E-state index contributed by atoms with van der Waals surface area (Å²) in [7, 11) is 0. The van der Waals surface area contributed by atoms with Crippen molar-refractivity contribution in [3.63, 3.8) is 0 Å². The molecule has 4 amide bonds. The van der Waals surface area contributed by atoms with Gasteiger partial charge >= 0.3 is 23.9 Å². The maximum absolute atomic E-state index is 12.3. The van der Waals surface area contributed by atoms with E-state index < -0.39 is 35.7 Å². The second-order valence-electron chi connectivity index (χ2n) is 27.4. The van der Waals surface area contributed by atoms with E-state index in [0.29, 0.717) is 64.3 Å². The second-order valence-corrected chi connectivity index (χ2v) is 27.4. The van der Waals surface area contributed by atoms with Gasteiger partial charge in [0, 0.05) is 89.0 Å². The molecule has 0 saturated carbocycles. The number of carbonyl (C=O) groups is 8. The number of H-pyrrole nitrogens is 4. The Morgan fingerprint density at radius 3 is 1.19 bits per heavy atom. The molecule has 4 unspecified atom stereocenters. The van der Waals surface area contributed by atoms with Gasteiger partial charge in [0.05, 0.1) is 74.7 Å². The first-order valence-electron chi connectivity index (χ1n) is 36.4. The third-order valence-corrected chi connectivity index (χ3v) is 18.4. The zero-order valence-electron chi connectivity index (χ0n) is 62.8. The van der Waals surface area contributed by atoms with Crippen LogP contribution in [-0.4, -0.2) is 98.5 Å². The van der Waals surface area contributed by atoms with Gasteiger partial charge in [-0.05, 0) is 102 Å². The van der Waals surface area contributed by atoms with Crippen LogP contribution < -0.4 is 43.5 Å². The first kappa shape index (κ1) is 82.0. The lowest BCUT2D eigenvalue weighted by Gasteiger charge is -2.15. The van der Waals surface area contributed by atoms with Gasteiger partial charge in [-0.3, -0.25) is 62.4 Å². The molecule has 580 valence electrons. The van der Waals surface area contributed by atoms with Gasteiger partial charge in [0.1, 0.15) is 0 Å². The third-order valence-electron chi connectivity index (χ3n) is 18.4. The summed E-state index contributed by atoms with van der Waals surface area (Å²) < 4.78 is 4.20. The molecule has 15 rings (SSSR count). The minimum Gasteiger partial charge on any atom is -0.481 e. The molecule has 27 nitrogen and oxygen atoms in total. The number of aryl methyl sites for hydroxylation is 1. The molecule has 2 aliphatic heterocycles. The molecule has 4 aromatic heterocycles. The number of amides is 4. The highest BCUT2D eigenvalue weighted by atomic mass is 16.6. The highest BCUT2D eigenvalue weighted by Gasteiger charge is 2.37. The molecular weight excluding hydrogens is 1450 g/mol. The number of imide groups is 1. The van der Waals surface area contributed by atoms with Gasteiger partial charge in [-0.25, -0.2) is 20.4 Å². The molecule has 2 saturated heterocycles. The van der Waals surface area contributed by atoms with Crippen LogP contribution in [0, 0.1) is 30.6 Å². The highest BCUT2D eigenvalue weighted by molar-refractivity contribution is 6.20. The van der Waals surface area contributed by atoms with Crippen molar-refractivity contribution in [3.05, 3.63) is 316 Å². The van der Waals surface area contributed by atoms with Crippen molar-refractivity contribution in [1.29, 1.82) is 0 Å². The van der Waals surface area contributed by atoms with Crippen LogP contribution in [0.2, 0.25) is 0 Å². The molecule has 27 heteroatoms. The molecular formula is C87H82N12O15. The van der Waals surface area contributed by atoms with Gasteiger partial charge in [-0.2, -0.15) is 20.4 Å². The number of carboxylic acids is 2. The predicted octanol–water partition coefficient (Wildman–Crippen LogP) is 11.7. The summed E-state index contributed by atoms with van der Waals surface area (Å²) in [5, 5.41) is 55.6. The van der Waals surface area contributed by atoms with Gasteiger partial charge in [-0.15, -0.1) is 0 Å². The molecule has 0 aliphatic carbocycles. The van der Waals surface area contributed by atoms with E-state index in [9.17, 15) is 57.5 Å². The van der Waals surface area contributed by atoms with E-state index in [0.717, 1.165) is 72.3 Å². The Morgan fingerprint density at radius 2 is 0.842 bits per heavy atom. The van der Waals surface area contributed by atoms with E-state index in [2.05, 4.69) is 75.2 Å². The average Bonchev–Trinajstić information content (AvgIpc) is 1.21. The molecule has 2 fully saturated rings. The van der Waals surface area contributed by atoms with Crippen molar-refractivity contribution in [1.82, 2.24) is 40.8 Å². The number of nitrogens with zero attached hydrogens (tertiary/aromatic N) is 5. The second kappa shape index (κ2) is 38.7. The molecule has 2 aliphatic rings. The maximum atomic E-state index is 12.3. The number of aromatic amines is 4. The van der Waals surface area contributed by atoms with Gasteiger partial charge < -0.3 is 31.3 Å². The van der Waals surface area contributed by atoms with Crippen LogP contribution in [0.5, 0.6) is 0 Å². The van der Waals surface area contributed by atoms with Gasteiger partial charge in [0.2, 0.25) is 23.6 Å². The Hall–Kier alpha value is -14.5. The van der Waals surface area contributed by atoms with Crippen molar-refractivity contribution >= 4 is 113 Å². The van der Waals surface area contributed by atoms with E-state index in [1.54, 1.807) is 87.5 Å². The lowest BCUT2D eigenvalue weighted by Crippen LogP contribution is -2.30. The topological polar surface area (TPSA) is 423 Å². The van der Waals surface area contributed by atoms with Crippen LogP contribution in [-0.2, 0) is 68.8 Å². The van der Waals surface area contributed by atoms with E-state index in [1.807, 2.05) is 146 Å². The van der Waals surface area contributed by atoms with Crippen molar-refractivity contribution < 1.29 is 53.3 Å². The number of hydrogen-bond donors (Lipinski definition) is 9. The Labute approximate surface area is 651 Å². The molecule has 4 atom stereocenters. The summed E-state index contributed by atoms with van der Waals surface area (Å²) in [5.41, 5.74) is 15.6. The van der Waals surface area contributed by atoms with Crippen LogP contribution in [0.15, 0.2) is 244 Å². The van der Waals surface area contributed by atoms with E-state index in [-0.39, 0.29) is 83.4 Å². The fraction of sp³-hybridized carbons (Fsp3) is 0.195. The largest absolute Gasteiger partial charge is 0.481 e. The Bertz CT molecular complexity index is 5980. The minimum absolute atomic E-state index is 0.0916. The number of esters is 2. The van der Waals surface area contributed by atoms with Crippen LogP contribution >= 0.6 is 0 Å². The predicted molar refractivity (Wildman–Crippen MR) is 433 cm³/mol. The molecule has 10 N–H and O–H groups in total. The molecule has 13 aromatic rings. The molecule has 0 bridgehead atoms. The lowest BCUT2D eigenvalue weighted by molar-refractivity contribution is -0.153. The van der Waals surface area contributed by atoms with Crippen molar-refractivity contribution in [3.8, 4) is 0 Å². The maximum Gasteiger partial charge on any atom is 0.316 e. The van der Waals surface area contributed by atoms with E-state index in [4.69, 9.17) is 15.9 Å². The number of carboxylic acid groups (broad SMARTS) is 2. The monoisotopic (exact) mass is 1530 g/mol. The summed E-state index contributed by atoms with van der Waals surface area (Å²) in [4.78, 5) is 139. The number of fused-ring (bicyclic) bond motifs is 4. The number of ether oxygens (including phenoxy) is 1. The average molecular weight is 1540 g/mol. The smallest absolute Gasteiger partial charge is 0.316 e. The Morgan fingerprint density at radius 1 is 0.456 bits per heavy atom. The van der Waals surface area contributed by atoms with Crippen LogP contribution in [0.3, 0.4) is 0 Å². The van der Waals surface area contributed by atoms with Crippen molar-refractivity contribution in [2.75, 3.05) is 21.3 Å². The number of carbonyl (C=O) groups excluding carboxylic acids is 6. The number of anilines is 4. The standard InChI is InChI=1S/2C20H19N3O4.C20H17N3O3.C15H13N3O.C7H8.C5H6O3/c1-12(20(26)27)9-18(24)21-14-6-4-5-13(10-14)11-17-15-7-2-3-8-16(15)19(25)23-22-17;1-12(9-18(24)25)19(26)21-14-6-4-5-13(10-14)11-17-15-7-2-3-8-16(15)20(27)23-22-17;1-12-9-18(24)23(20(12)26)14-6-4-5-13(10-14)11-17-15-7-2-3-8-16(15)19(25)22-21-17;16-11-5-3-4-10(8-11)9-14-12-6-1-2-7-13(12)15(19)18-17-14;1-7-5-3-2-4-6-7;1-3-2-4(6)8-5(3)7/h2-8,10,12H,9,11H2,1H3,(H,21,24)(H,23,25)(H,26,27);2-8,10,12H,9,11H2,1H3,(H,21,26)(H,23,27)(H,24,25);2-8,10,12H,9,11H2,1H3,(H,22,25);1-8H,9,16H2,(H,18,19);2-6H,1H3;3H,2H2,1H3. The number of aliphatic carboxylic acids is 2. The molecule has 0 radical (unpaired) electrons. The van der Waals surface area contributed by atoms with Crippen LogP contribution in [0.4, 0.5) is 22.7 Å². The first-order valence-corrected chi connectivity index (χ1v) is 36.4. The van der Waals surface area contributed by atoms with E-state index in [1.165, 1.54) is 17.4 Å². The van der Waals surface area contributed by atoms with Crippen molar-refractivity contribution in [2.45, 2.75) is 86.0 Å². The lowest BCUT2D eigenvalue weighted by atomic mass is 10.0. The summed E-state index contributed by atoms with van der Waals surface area (Å²) in [6, 6.07) is 69.1. The fourth-order valence-corrected chi connectivity index (χ4v) is 12.4. The van der Waals surface area contributed by atoms with Crippen LogP contribution in [0.1, 0.15) is 104 Å². The summed E-state index contributed by atoms with van der Waals surface area (Å²) in [6.07, 6.45) is 2.26. The number of nitrogens with two attached hydrogens (primary N) is 1.